The average Bonchev–Trinajstić information content (AvgIpc) is 3.15. The molecule has 0 saturated heterocycles. The summed E-state index contributed by atoms with van der Waals surface area (Å²) in [5.74, 6) is -1.72. The minimum atomic E-state index is -0.964. The van der Waals surface area contributed by atoms with Crippen LogP contribution in [-0.2, 0) is 11.2 Å². The predicted octanol–water partition coefficient (Wildman–Crippen LogP) is 4.15. The van der Waals surface area contributed by atoms with E-state index in [1.54, 1.807) is 18.2 Å². The van der Waals surface area contributed by atoms with Gasteiger partial charge in [-0.25, -0.2) is 0 Å². The number of carbonyl (C=O) groups is 2. The van der Waals surface area contributed by atoms with E-state index in [2.05, 4.69) is 5.32 Å². The van der Waals surface area contributed by atoms with E-state index >= 15 is 0 Å². The molecule has 3 rings (SSSR count). The molecule has 1 unspecified atom stereocenters. The molecular formula is C21H18Cl2N2O5. The lowest BCUT2D eigenvalue weighted by atomic mass is 9.98. The third-order valence-corrected chi connectivity index (χ3v) is 5.03. The third-order valence-electron chi connectivity index (χ3n) is 4.46. The van der Waals surface area contributed by atoms with Crippen LogP contribution >= 0.6 is 23.2 Å². The molecule has 30 heavy (non-hydrogen) atoms. The van der Waals surface area contributed by atoms with Crippen LogP contribution in [0.25, 0.3) is 11.1 Å². The number of benzene rings is 2. The molecule has 0 bridgehead atoms. The van der Waals surface area contributed by atoms with Crippen LogP contribution in [0.5, 0.6) is 0 Å². The first kappa shape index (κ1) is 21.7. The first-order valence-corrected chi connectivity index (χ1v) is 9.83. The summed E-state index contributed by atoms with van der Waals surface area (Å²) in [5, 5.41) is 14.9. The molecule has 3 N–H and O–H groups in total. The summed E-state index contributed by atoms with van der Waals surface area (Å²) in [7, 11) is 0. The average molecular weight is 449 g/mol. The van der Waals surface area contributed by atoms with Gasteiger partial charge in [-0.1, -0.05) is 47.5 Å². The number of aromatic nitrogens is 1. The fourth-order valence-corrected chi connectivity index (χ4v) is 3.40. The van der Waals surface area contributed by atoms with Crippen molar-refractivity contribution in [2.45, 2.75) is 25.3 Å². The maximum Gasteiger partial charge on any atom is 0.303 e. The van der Waals surface area contributed by atoms with Crippen LogP contribution in [0.4, 0.5) is 0 Å². The van der Waals surface area contributed by atoms with Crippen molar-refractivity contribution in [3.8, 4) is 11.1 Å². The Morgan fingerprint density at radius 3 is 2.47 bits per heavy atom. The van der Waals surface area contributed by atoms with Crippen molar-refractivity contribution in [2.24, 2.45) is 0 Å². The maximum absolute atomic E-state index is 12.3. The molecule has 156 valence electrons. The van der Waals surface area contributed by atoms with Crippen LogP contribution < -0.4 is 10.9 Å². The molecule has 0 aliphatic carbocycles. The number of halogens is 2. The number of amides is 1. The van der Waals surface area contributed by atoms with E-state index in [4.69, 9.17) is 32.8 Å². The maximum atomic E-state index is 12.3. The van der Waals surface area contributed by atoms with E-state index < -0.39 is 23.5 Å². The summed E-state index contributed by atoms with van der Waals surface area (Å²) in [6, 6.07) is 13.3. The molecule has 0 spiro atoms. The van der Waals surface area contributed by atoms with Gasteiger partial charge in [-0.05, 0) is 42.2 Å². The standard InChI is InChI=1S/C21H18Cl2N2O5/c22-14-5-7-17(23)16(10-14)13-3-1-12(2-4-13)9-15(6-8-20(27)28)24-21(29)18-11-19(26)25-30-18/h1-5,7,10-11,15H,6,8-9H2,(H,24,29)(H,25,26)(H,27,28). The van der Waals surface area contributed by atoms with Crippen molar-refractivity contribution in [3.05, 3.63) is 80.3 Å². The summed E-state index contributed by atoms with van der Waals surface area (Å²) >= 11 is 12.3. The first-order chi connectivity index (χ1) is 14.3. The van der Waals surface area contributed by atoms with E-state index in [9.17, 15) is 14.4 Å². The molecule has 1 aromatic heterocycles. The Kier molecular flexibility index (Phi) is 6.97. The highest BCUT2D eigenvalue weighted by molar-refractivity contribution is 6.35. The molecule has 0 fully saturated rings. The van der Waals surface area contributed by atoms with Gasteiger partial charge in [-0.3, -0.25) is 14.4 Å². The van der Waals surface area contributed by atoms with Crippen molar-refractivity contribution in [3.63, 3.8) is 0 Å². The Bertz CT molecular complexity index is 1110. The van der Waals surface area contributed by atoms with Gasteiger partial charge in [-0.15, -0.1) is 0 Å². The Morgan fingerprint density at radius 1 is 1.10 bits per heavy atom. The van der Waals surface area contributed by atoms with Gasteiger partial charge in [0.2, 0.25) is 5.76 Å². The molecule has 1 amide bonds. The largest absolute Gasteiger partial charge is 0.481 e. The predicted molar refractivity (Wildman–Crippen MR) is 113 cm³/mol. The Balaban J connectivity index is 1.74. The van der Waals surface area contributed by atoms with E-state index in [1.807, 2.05) is 29.4 Å². The number of carbonyl (C=O) groups excluding carboxylic acids is 1. The molecule has 1 atom stereocenters. The minimum Gasteiger partial charge on any atom is -0.481 e. The van der Waals surface area contributed by atoms with E-state index in [0.717, 1.165) is 22.8 Å². The minimum absolute atomic E-state index is 0.113. The number of hydrogen-bond donors (Lipinski definition) is 3. The monoisotopic (exact) mass is 448 g/mol. The molecule has 0 saturated carbocycles. The molecule has 1 heterocycles. The number of H-pyrrole nitrogens is 1. The first-order valence-electron chi connectivity index (χ1n) is 9.07. The zero-order valence-corrected chi connectivity index (χ0v) is 17.2. The molecule has 3 aromatic rings. The van der Waals surface area contributed by atoms with Crippen LogP contribution in [0.1, 0.15) is 29.0 Å². The van der Waals surface area contributed by atoms with Crippen molar-refractivity contribution in [2.75, 3.05) is 0 Å². The molecule has 0 aliphatic heterocycles. The van der Waals surface area contributed by atoms with Crippen LogP contribution in [-0.4, -0.2) is 28.2 Å². The van der Waals surface area contributed by atoms with Gasteiger partial charge in [-0.2, -0.15) is 5.16 Å². The number of aliphatic carboxylic acids is 1. The third kappa shape index (κ3) is 5.75. The zero-order valence-electron chi connectivity index (χ0n) is 15.7. The fourth-order valence-electron chi connectivity index (χ4n) is 3.00. The molecule has 0 radical (unpaired) electrons. The van der Waals surface area contributed by atoms with E-state index in [-0.39, 0.29) is 18.6 Å². The van der Waals surface area contributed by atoms with Gasteiger partial charge in [0.05, 0.1) is 6.07 Å². The number of aromatic amines is 1. The van der Waals surface area contributed by atoms with Crippen molar-refractivity contribution in [1.82, 2.24) is 10.5 Å². The van der Waals surface area contributed by atoms with Crippen LogP contribution in [0.3, 0.4) is 0 Å². The Labute approximate surface area is 181 Å². The van der Waals surface area contributed by atoms with Crippen molar-refractivity contribution in [1.29, 1.82) is 0 Å². The van der Waals surface area contributed by atoms with Gasteiger partial charge < -0.3 is 14.9 Å². The summed E-state index contributed by atoms with van der Waals surface area (Å²) in [6.45, 7) is 0. The van der Waals surface area contributed by atoms with E-state index in [1.165, 1.54) is 0 Å². The SMILES string of the molecule is O=C(O)CCC(Cc1ccc(-c2cc(Cl)ccc2Cl)cc1)NC(=O)c1cc(=O)[nH]o1. The smallest absolute Gasteiger partial charge is 0.303 e. The summed E-state index contributed by atoms with van der Waals surface area (Å²) in [4.78, 5) is 34.4. The lowest BCUT2D eigenvalue weighted by Crippen LogP contribution is -2.36. The molecular weight excluding hydrogens is 431 g/mol. The van der Waals surface area contributed by atoms with Crippen molar-refractivity contribution >= 4 is 35.1 Å². The number of carboxylic acids is 1. The Hall–Kier alpha value is -3.03. The van der Waals surface area contributed by atoms with Crippen LogP contribution in [0.15, 0.2) is 57.8 Å². The molecule has 2 aromatic carbocycles. The van der Waals surface area contributed by atoms with Gasteiger partial charge in [0, 0.05) is 28.1 Å². The highest BCUT2D eigenvalue weighted by atomic mass is 35.5. The highest BCUT2D eigenvalue weighted by Gasteiger charge is 2.19. The van der Waals surface area contributed by atoms with Crippen LogP contribution in [0, 0.1) is 0 Å². The summed E-state index contributed by atoms with van der Waals surface area (Å²) < 4.78 is 4.80. The molecule has 7 nitrogen and oxygen atoms in total. The van der Waals surface area contributed by atoms with Crippen LogP contribution in [0.2, 0.25) is 10.0 Å². The quantitative estimate of drug-likeness (QED) is 0.479. The topological polar surface area (TPSA) is 112 Å². The fraction of sp³-hybridized carbons (Fsp3) is 0.190. The van der Waals surface area contributed by atoms with Gasteiger partial charge in [0.1, 0.15) is 0 Å². The second-order valence-electron chi connectivity index (χ2n) is 6.70. The van der Waals surface area contributed by atoms with Gasteiger partial charge >= 0.3 is 5.97 Å². The zero-order chi connectivity index (χ0) is 21.7. The molecule has 9 heteroatoms. The van der Waals surface area contributed by atoms with E-state index in [0.29, 0.717) is 16.5 Å². The number of rotatable bonds is 8. The Morgan fingerprint density at radius 2 is 1.83 bits per heavy atom. The molecule has 0 aliphatic rings. The number of nitrogens with one attached hydrogen (secondary N) is 2. The van der Waals surface area contributed by atoms with Crippen molar-refractivity contribution < 1.29 is 19.2 Å². The highest BCUT2D eigenvalue weighted by Crippen LogP contribution is 2.30. The van der Waals surface area contributed by atoms with Gasteiger partial charge in [0.15, 0.2) is 0 Å². The number of hydrogen-bond acceptors (Lipinski definition) is 4. The van der Waals surface area contributed by atoms with Gasteiger partial charge in [0.25, 0.3) is 11.5 Å². The second-order valence-corrected chi connectivity index (χ2v) is 7.55. The second kappa shape index (κ2) is 9.65. The summed E-state index contributed by atoms with van der Waals surface area (Å²) in [6.07, 6.45) is 0.507. The lowest BCUT2D eigenvalue weighted by Gasteiger charge is -2.18. The number of carboxylic acid groups (broad SMARTS) is 1. The summed E-state index contributed by atoms with van der Waals surface area (Å²) in [5.41, 5.74) is 2.04. The lowest BCUT2D eigenvalue weighted by molar-refractivity contribution is -0.137. The normalized spacial score (nSPS) is 11.8.